The molecule has 0 saturated heterocycles. The zero-order valence-electron chi connectivity index (χ0n) is 10.6. The molecule has 0 fully saturated rings. The number of aromatic nitrogens is 2. The largest absolute Gasteiger partial charge is 0.434 e. The highest BCUT2D eigenvalue weighted by Gasteiger charge is 2.34. The maximum atomic E-state index is 12.6. The molecule has 1 aromatic heterocycles. The second-order valence-corrected chi connectivity index (χ2v) is 4.47. The minimum atomic E-state index is -4.43. The van der Waals surface area contributed by atoms with Crippen molar-refractivity contribution in [3.8, 4) is 11.4 Å². The van der Waals surface area contributed by atoms with E-state index in [0.717, 1.165) is 11.8 Å². The van der Waals surface area contributed by atoms with Crippen LogP contribution in [0.15, 0.2) is 30.5 Å². The molecule has 0 saturated carbocycles. The Labute approximate surface area is 108 Å². The molecule has 0 aliphatic rings. The van der Waals surface area contributed by atoms with E-state index in [1.807, 2.05) is 6.92 Å². The Kier molecular flexibility index (Phi) is 3.36. The summed E-state index contributed by atoms with van der Waals surface area (Å²) in [5.41, 5.74) is 6.39. The Bertz CT molecular complexity index is 568. The normalized spacial score (nSPS) is 13.6. The van der Waals surface area contributed by atoms with Crippen LogP contribution in [-0.2, 0) is 13.2 Å². The predicted octanol–water partition coefficient (Wildman–Crippen LogP) is 3.13. The van der Waals surface area contributed by atoms with Crippen LogP contribution >= 0.6 is 0 Å². The summed E-state index contributed by atoms with van der Waals surface area (Å²) in [6.07, 6.45) is -3.45. The Balaban J connectivity index is 2.39. The molecule has 0 aliphatic carbocycles. The number of nitrogens with zero attached hydrogens (tertiary/aromatic N) is 2. The minimum absolute atomic E-state index is 0.110. The van der Waals surface area contributed by atoms with Crippen molar-refractivity contribution in [2.45, 2.75) is 19.1 Å². The number of nitrogens with two attached hydrogens (primary N) is 1. The number of halogens is 3. The molecule has 0 spiro atoms. The van der Waals surface area contributed by atoms with E-state index < -0.39 is 11.9 Å². The number of hydrogen-bond acceptors (Lipinski definition) is 2. The molecule has 19 heavy (non-hydrogen) atoms. The van der Waals surface area contributed by atoms with Crippen LogP contribution in [0, 0.1) is 0 Å². The lowest BCUT2D eigenvalue weighted by molar-refractivity contribution is -0.140. The predicted molar refractivity (Wildman–Crippen MR) is 66.2 cm³/mol. The van der Waals surface area contributed by atoms with Gasteiger partial charge in [-0.3, -0.25) is 0 Å². The van der Waals surface area contributed by atoms with Gasteiger partial charge in [0.05, 0.1) is 0 Å². The number of rotatable bonds is 2. The summed E-state index contributed by atoms with van der Waals surface area (Å²) >= 11 is 0. The number of benzene rings is 1. The van der Waals surface area contributed by atoms with E-state index in [0.29, 0.717) is 5.56 Å². The summed E-state index contributed by atoms with van der Waals surface area (Å²) < 4.78 is 39.1. The zero-order valence-corrected chi connectivity index (χ0v) is 10.6. The lowest BCUT2D eigenvalue weighted by Crippen LogP contribution is -2.05. The number of aryl methyl sites for hydroxylation is 1. The lowest BCUT2D eigenvalue weighted by atomic mass is 10.1. The summed E-state index contributed by atoms with van der Waals surface area (Å²) in [6, 6.07) is 6.92. The van der Waals surface area contributed by atoms with Gasteiger partial charge in [-0.1, -0.05) is 24.3 Å². The van der Waals surface area contributed by atoms with Crippen molar-refractivity contribution >= 4 is 0 Å². The van der Waals surface area contributed by atoms with Crippen LogP contribution in [0.2, 0.25) is 0 Å². The van der Waals surface area contributed by atoms with Gasteiger partial charge in [-0.15, -0.1) is 0 Å². The fourth-order valence-corrected chi connectivity index (χ4v) is 1.81. The van der Waals surface area contributed by atoms with Crippen molar-refractivity contribution < 1.29 is 13.2 Å². The Morgan fingerprint density at radius 2 is 1.79 bits per heavy atom. The fraction of sp³-hybridized carbons (Fsp3) is 0.308. The molecule has 0 bridgehead atoms. The van der Waals surface area contributed by atoms with Gasteiger partial charge in [0.1, 0.15) is 5.82 Å². The van der Waals surface area contributed by atoms with Gasteiger partial charge in [0, 0.05) is 24.8 Å². The Morgan fingerprint density at radius 1 is 1.21 bits per heavy atom. The highest BCUT2D eigenvalue weighted by Crippen LogP contribution is 2.30. The lowest BCUT2D eigenvalue weighted by Gasteiger charge is -2.07. The molecule has 102 valence electrons. The van der Waals surface area contributed by atoms with E-state index in [-0.39, 0.29) is 11.9 Å². The fourth-order valence-electron chi connectivity index (χ4n) is 1.81. The van der Waals surface area contributed by atoms with Crippen molar-refractivity contribution in [1.82, 2.24) is 9.55 Å². The third-order valence-electron chi connectivity index (χ3n) is 2.86. The molecule has 2 rings (SSSR count). The van der Waals surface area contributed by atoms with Gasteiger partial charge in [0.25, 0.3) is 0 Å². The van der Waals surface area contributed by atoms with E-state index >= 15 is 0 Å². The molecule has 0 radical (unpaired) electrons. The first kappa shape index (κ1) is 13.6. The number of imidazole rings is 1. The van der Waals surface area contributed by atoms with Crippen LogP contribution in [0.4, 0.5) is 13.2 Å². The van der Waals surface area contributed by atoms with E-state index in [9.17, 15) is 13.2 Å². The Hall–Kier alpha value is -1.82. The van der Waals surface area contributed by atoms with Crippen molar-refractivity contribution in [1.29, 1.82) is 0 Å². The molecule has 1 aromatic carbocycles. The molecular formula is C13H14F3N3. The number of alkyl halides is 3. The van der Waals surface area contributed by atoms with Gasteiger partial charge in [0.15, 0.2) is 5.69 Å². The maximum Gasteiger partial charge on any atom is 0.434 e. The highest BCUT2D eigenvalue weighted by atomic mass is 19.4. The first-order chi connectivity index (χ1) is 8.79. The zero-order chi connectivity index (χ0) is 14.2. The molecule has 0 amide bonds. The molecule has 1 atom stereocenters. The molecule has 1 unspecified atom stereocenters. The number of hydrogen-bond donors (Lipinski definition) is 1. The van der Waals surface area contributed by atoms with Gasteiger partial charge in [0.2, 0.25) is 0 Å². The van der Waals surface area contributed by atoms with Crippen LogP contribution in [0.3, 0.4) is 0 Å². The first-order valence-electron chi connectivity index (χ1n) is 5.75. The molecule has 1 heterocycles. The minimum Gasteiger partial charge on any atom is -0.333 e. The molecule has 2 aromatic rings. The smallest absolute Gasteiger partial charge is 0.333 e. The third-order valence-corrected chi connectivity index (χ3v) is 2.86. The van der Waals surface area contributed by atoms with Crippen LogP contribution in [0.1, 0.15) is 24.2 Å². The summed E-state index contributed by atoms with van der Waals surface area (Å²) in [7, 11) is 1.54. The van der Waals surface area contributed by atoms with E-state index in [1.165, 1.54) is 11.6 Å². The SMILES string of the molecule is CC(N)c1ccc(-c2nc(C(F)(F)F)cn2C)cc1. The second kappa shape index (κ2) is 4.70. The van der Waals surface area contributed by atoms with Crippen molar-refractivity contribution in [2.75, 3.05) is 0 Å². The van der Waals surface area contributed by atoms with E-state index in [1.54, 1.807) is 24.3 Å². The van der Waals surface area contributed by atoms with Crippen molar-refractivity contribution in [3.05, 3.63) is 41.7 Å². The highest BCUT2D eigenvalue weighted by molar-refractivity contribution is 5.56. The van der Waals surface area contributed by atoms with Crippen LogP contribution < -0.4 is 5.73 Å². The summed E-state index contributed by atoms with van der Waals surface area (Å²) in [6.45, 7) is 1.84. The monoisotopic (exact) mass is 269 g/mol. The van der Waals surface area contributed by atoms with Crippen LogP contribution in [0.25, 0.3) is 11.4 Å². The van der Waals surface area contributed by atoms with Gasteiger partial charge < -0.3 is 10.3 Å². The average Bonchev–Trinajstić information content (AvgIpc) is 2.71. The summed E-state index contributed by atoms with van der Waals surface area (Å²) in [5, 5.41) is 0. The van der Waals surface area contributed by atoms with E-state index in [2.05, 4.69) is 4.98 Å². The third kappa shape index (κ3) is 2.78. The van der Waals surface area contributed by atoms with Crippen molar-refractivity contribution in [2.24, 2.45) is 12.8 Å². The second-order valence-electron chi connectivity index (χ2n) is 4.47. The van der Waals surface area contributed by atoms with Gasteiger partial charge >= 0.3 is 6.18 Å². The molecule has 6 heteroatoms. The standard InChI is InChI=1S/C13H14F3N3/c1-8(17)9-3-5-10(6-4-9)12-18-11(7-19(12)2)13(14,15)16/h3-8H,17H2,1-2H3. The van der Waals surface area contributed by atoms with Gasteiger partial charge in [-0.25, -0.2) is 4.98 Å². The molecular weight excluding hydrogens is 255 g/mol. The molecule has 0 aliphatic heterocycles. The van der Waals surface area contributed by atoms with Crippen LogP contribution in [0.5, 0.6) is 0 Å². The molecule has 2 N–H and O–H groups in total. The molecule has 3 nitrogen and oxygen atoms in total. The summed E-state index contributed by atoms with van der Waals surface area (Å²) in [4.78, 5) is 3.63. The maximum absolute atomic E-state index is 12.6. The van der Waals surface area contributed by atoms with Crippen LogP contribution in [-0.4, -0.2) is 9.55 Å². The Morgan fingerprint density at radius 3 is 2.21 bits per heavy atom. The quantitative estimate of drug-likeness (QED) is 0.910. The topological polar surface area (TPSA) is 43.8 Å². The summed E-state index contributed by atoms with van der Waals surface area (Å²) in [5.74, 6) is 0.281. The van der Waals surface area contributed by atoms with Gasteiger partial charge in [-0.2, -0.15) is 13.2 Å². The van der Waals surface area contributed by atoms with E-state index in [4.69, 9.17) is 5.73 Å². The van der Waals surface area contributed by atoms with Crippen molar-refractivity contribution in [3.63, 3.8) is 0 Å². The van der Waals surface area contributed by atoms with Gasteiger partial charge in [-0.05, 0) is 12.5 Å². The first-order valence-corrected chi connectivity index (χ1v) is 5.75. The average molecular weight is 269 g/mol.